The van der Waals surface area contributed by atoms with Gasteiger partial charge in [0, 0.05) is 12.0 Å². The maximum absolute atomic E-state index is 9.09. The zero-order valence-electron chi connectivity index (χ0n) is 10.1. The van der Waals surface area contributed by atoms with Crippen LogP contribution >= 0.6 is 34.2 Å². The normalized spacial score (nSPS) is 19.5. The van der Waals surface area contributed by atoms with E-state index in [4.69, 9.17) is 21.6 Å². The first-order valence-electron chi connectivity index (χ1n) is 6.09. The van der Waals surface area contributed by atoms with Crippen LogP contribution in [0.5, 0.6) is 0 Å². The Balaban J connectivity index is 2.17. The van der Waals surface area contributed by atoms with Crippen LogP contribution in [-0.4, -0.2) is 16.4 Å². The molecule has 1 aromatic carbocycles. The zero-order chi connectivity index (χ0) is 13.4. The predicted molar refractivity (Wildman–Crippen MR) is 81.0 cm³/mol. The molecular formula is C13H11ClIN3O. The maximum Gasteiger partial charge on any atom is 0.150 e. The summed E-state index contributed by atoms with van der Waals surface area (Å²) in [5.74, 6) is 0. The molecule has 4 nitrogen and oxygen atoms in total. The molecule has 3 rings (SSSR count). The van der Waals surface area contributed by atoms with Gasteiger partial charge in [-0.15, -0.1) is 0 Å². The Bertz CT molecular complexity index is 671. The van der Waals surface area contributed by atoms with Crippen molar-refractivity contribution in [2.45, 2.75) is 25.5 Å². The summed E-state index contributed by atoms with van der Waals surface area (Å²) in [6.45, 7) is 0.765. The monoisotopic (exact) mass is 387 g/mol. The van der Waals surface area contributed by atoms with E-state index in [-0.39, 0.29) is 6.23 Å². The highest BCUT2D eigenvalue weighted by Crippen LogP contribution is 2.31. The summed E-state index contributed by atoms with van der Waals surface area (Å²) in [4.78, 5) is 0. The van der Waals surface area contributed by atoms with Gasteiger partial charge in [0.2, 0.25) is 0 Å². The molecule has 0 amide bonds. The molecule has 2 aromatic rings. The second-order valence-corrected chi connectivity index (χ2v) is 5.95. The molecule has 0 saturated carbocycles. The maximum atomic E-state index is 9.09. The van der Waals surface area contributed by atoms with E-state index in [0.29, 0.717) is 10.6 Å². The molecule has 0 N–H and O–H groups in total. The van der Waals surface area contributed by atoms with Crippen molar-refractivity contribution in [3.05, 3.63) is 26.4 Å². The molecule has 1 aliphatic rings. The molecule has 1 fully saturated rings. The molecule has 0 radical (unpaired) electrons. The van der Waals surface area contributed by atoms with Crippen molar-refractivity contribution < 1.29 is 4.74 Å². The molecule has 1 saturated heterocycles. The van der Waals surface area contributed by atoms with Crippen molar-refractivity contribution in [3.63, 3.8) is 0 Å². The lowest BCUT2D eigenvalue weighted by atomic mass is 10.1. The fourth-order valence-electron chi connectivity index (χ4n) is 2.34. The van der Waals surface area contributed by atoms with Gasteiger partial charge in [-0.25, -0.2) is 4.68 Å². The van der Waals surface area contributed by atoms with Crippen LogP contribution in [0.1, 0.15) is 31.1 Å². The minimum atomic E-state index is -0.0347. The summed E-state index contributed by atoms with van der Waals surface area (Å²) >= 11 is 8.26. The van der Waals surface area contributed by atoms with Crippen LogP contribution in [0.4, 0.5) is 0 Å². The third-order valence-electron chi connectivity index (χ3n) is 3.30. The lowest BCUT2D eigenvalue weighted by Crippen LogP contribution is -2.19. The number of ether oxygens (including phenoxy) is 1. The van der Waals surface area contributed by atoms with Gasteiger partial charge in [0.05, 0.1) is 16.1 Å². The molecule has 19 heavy (non-hydrogen) atoms. The van der Waals surface area contributed by atoms with Gasteiger partial charge >= 0.3 is 0 Å². The number of benzene rings is 1. The van der Waals surface area contributed by atoms with Gasteiger partial charge in [0.25, 0.3) is 0 Å². The second-order valence-electron chi connectivity index (χ2n) is 4.52. The van der Waals surface area contributed by atoms with Crippen LogP contribution < -0.4 is 0 Å². The molecular weight excluding hydrogens is 377 g/mol. The van der Waals surface area contributed by atoms with Crippen LogP contribution in [-0.2, 0) is 4.74 Å². The van der Waals surface area contributed by atoms with Crippen LogP contribution in [0.25, 0.3) is 10.9 Å². The van der Waals surface area contributed by atoms with Crippen molar-refractivity contribution in [2.24, 2.45) is 0 Å². The lowest BCUT2D eigenvalue weighted by Gasteiger charge is -2.23. The number of rotatable bonds is 1. The summed E-state index contributed by atoms with van der Waals surface area (Å²) in [6.07, 6.45) is 3.16. The van der Waals surface area contributed by atoms with Crippen LogP contribution in [0, 0.1) is 15.0 Å². The van der Waals surface area contributed by atoms with Gasteiger partial charge in [-0.2, -0.15) is 10.4 Å². The lowest BCUT2D eigenvalue weighted by molar-refractivity contribution is -0.0368. The first-order chi connectivity index (χ1) is 9.20. The minimum Gasteiger partial charge on any atom is -0.356 e. The first kappa shape index (κ1) is 13.2. The van der Waals surface area contributed by atoms with E-state index in [9.17, 15) is 0 Å². The average Bonchev–Trinajstić information content (AvgIpc) is 2.76. The molecule has 6 heteroatoms. The zero-order valence-corrected chi connectivity index (χ0v) is 13.0. The summed E-state index contributed by atoms with van der Waals surface area (Å²) in [5.41, 5.74) is 1.39. The van der Waals surface area contributed by atoms with Gasteiger partial charge in [-0.1, -0.05) is 11.6 Å². The van der Waals surface area contributed by atoms with Gasteiger partial charge in [0.1, 0.15) is 9.77 Å². The number of aromatic nitrogens is 2. The number of hydrogen-bond acceptors (Lipinski definition) is 3. The number of fused-ring (bicyclic) bond motifs is 1. The largest absolute Gasteiger partial charge is 0.356 e. The summed E-state index contributed by atoms with van der Waals surface area (Å²) in [5, 5.41) is 15.1. The van der Waals surface area contributed by atoms with Crippen molar-refractivity contribution >= 4 is 45.1 Å². The molecule has 1 unspecified atom stereocenters. The molecule has 1 atom stereocenters. The summed E-state index contributed by atoms with van der Waals surface area (Å²) in [7, 11) is 0. The van der Waals surface area contributed by atoms with E-state index in [2.05, 4.69) is 33.8 Å². The summed E-state index contributed by atoms with van der Waals surface area (Å²) in [6, 6.07) is 5.72. The van der Waals surface area contributed by atoms with E-state index in [0.717, 1.165) is 40.5 Å². The van der Waals surface area contributed by atoms with Crippen molar-refractivity contribution in [3.8, 4) is 6.07 Å². The number of halogens is 2. The van der Waals surface area contributed by atoms with Crippen LogP contribution in [0.3, 0.4) is 0 Å². The minimum absolute atomic E-state index is 0.0347. The highest BCUT2D eigenvalue weighted by molar-refractivity contribution is 14.1. The van der Waals surface area contributed by atoms with E-state index in [1.54, 1.807) is 6.07 Å². The van der Waals surface area contributed by atoms with E-state index >= 15 is 0 Å². The third kappa shape index (κ3) is 2.33. The van der Waals surface area contributed by atoms with Crippen molar-refractivity contribution in [1.29, 1.82) is 5.26 Å². The number of nitriles is 1. The molecule has 0 bridgehead atoms. The van der Waals surface area contributed by atoms with Crippen LogP contribution in [0.2, 0.25) is 5.02 Å². The number of nitrogens with zero attached hydrogens (tertiary/aromatic N) is 3. The third-order valence-corrected chi connectivity index (χ3v) is 4.41. The van der Waals surface area contributed by atoms with Crippen LogP contribution in [0.15, 0.2) is 12.1 Å². The predicted octanol–water partition coefficient (Wildman–Crippen LogP) is 3.87. The molecule has 0 spiro atoms. The Hall–Kier alpha value is -0.840. The Labute approximate surface area is 129 Å². The van der Waals surface area contributed by atoms with Gasteiger partial charge < -0.3 is 4.74 Å². The highest BCUT2D eigenvalue weighted by atomic mass is 127. The highest BCUT2D eigenvalue weighted by Gasteiger charge is 2.21. The fourth-order valence-corrected chi connectivity index (χ4v) is 3.21. The van der Waals surface area contributed by atoms with E-state index in [1.807, 2.05) is 10.7 Å². The first-order valence-corrected chi connectivity index (χ1v) is 7.55. The van der Waals surface area contributed by atoms with Crippen molar-refractivity contribution in [2.75, 3.05) is 6.61 Å². The van der Waals surface area contributed by atoms with Gasteiger partial charge in [-0.05, 0) is 54.0 Å². The van der Waals surface area contributed by atoms with Gasteiger partial charge in [-0.3, -0.25) is 0 Å². The fraction of sp³-hybridized carbons (Fsp3) is 0.385. The SMILES string of the molecule is N#Cc1cc2c(cc1Cl)c(I)nn2C1CCCCO1. The quantitative estimate of drug-likeness (QED) is 0.698. The Morgan fingerprint density at radius 1 is 1.47 bits per heavy atom. The van der Waals surface area contributed by atoms with Gasteiger partial charge in [0.15, 0.2) is 6.23 Å². The number of hydrogen-bond donors (Lipinski definition) is 0. The topological polar surface area (TPSA) is 50.8 Å². The smallest absolute Gasteiger partial charge is 0.150 e. The average molecular weight is 388 g/mol. The van der Waals surface area contributed by atoms with Crippen molar-refractivity contribution in [1.82, 2.24) is 9.78 Å². The Morgan fingerprint density at radius 3 is 3.00 bits per heavy atom. The molecule has 2 heterocycles. The Morgan fingerprint density at radius 2 is 2.32 bits per heavy atom. The standard InChI is InChI=1S/C13H11ClIN3O/c14-10-6-9-11(5-8(10)7-16)18(17-13(9)15)12-3-1-2-4-19-12/h5-6,12H,1-4H2. The van der Waals surface area contributed by atoms with E-state index < -0.39 is 0 Å². The Kier molecular flexibility index (Phi) is 3.65. The van der Waals surface area contributed by atoms with E-state index in [1.165, 1.54) is 0 Å². The molecule has 1 aromatic heterocycles. The molecule has 1 aliphatic heterocycles. The summed E-state index contributed by atoms with van der Waals surface area (Å²) < 4.78 is 8.54. The second kappa shape index (κ2) is 5.27. The molecule has 98 valence electrons. The molecule has 0 aliphatic carbocycles.